The van der Waals surface area contributed by atoms with Crippen molar-refractivity contribution in [2.75, 3.05) is 33.7 Å². The Hall–Kier alpha value is -1.90. The molecule has 5 heteroatoms. The summed E-state index contributed by atoms with van der Waals surface area (Å²) in [5.74, 6) is 4.71. The lowest BCUT2D eigenvalue weighted by Crippen LogP contribution is -2.26. The topological polar surface area (TPSA) is 58.4 Å². The van der Waals surface area contributed by atoms with Gasteiger partial charge >= 0.3 is 0 Å². The van der Waals surface area contributed by atoms with E-state index in [1.165, 1.54) is 18.2 Å². The Labute approximate surface area is 125 Å². The number of hydrogen-bond acceptors (Lipinski definition) is 3. The minimum atomic E-state index is -0.453. The van der Waals surface area contributed by atoms with E-state index < -0.39 is 5.82 Å². The van der Waals surface area contributed by atoms with Crippen molar-refractivity contribution >= 4 is 5.91 Å². The van der Waals surface area contributed by atoms with E-state index >= 15 is 0 Å². The van der Waals surface area contributed by atoms with Crippen molar-refractivity contribution in [3.63, 3.8) is 0 Å². The zero-order valence-corrected chi connectivity index (χ0v) is 12.6. The molecule has 0 aliphatic heterocycles. The van der Waals surface area contributed by atoms with Crippen LogP contribution in [0, 0.1) is 17.7 Å². The van der Waals surface area contributed by atoms with Crippen LogP contribution >= 0.6 is 0 Å². The second-order valence-electron chi connectivity index (χ2n) is 4.96. The highest BCUT2D eigenvalue weighted by Crippen LogP contribution is 2.10. The fraction of sp³-hybridized carbons (Fsp3) is 0.438. The van der Waals surface area contributed by atoms with Crippen LogP contribution in [0.5, 0.6) is 0 Å². The highest BCUT2D eigenvalue weighted by Gasteiger charge is 2.11. The van der Waals surface area contributed by atoms with Crippen LogP contribution in [0.4, 0.5) is 4.39 Å². The number of unbranched alkanes of at least 4 members (excludes halogenated alkanes) is 1. The van der Waals surface area contributed by atoms with Crippen LogP contribution in [-0.4, -0.2) is 44.5 Å². The number of carbonyl (C=O) groups is 1. The Morgan fingerprint density at radius 3 is 2.81 bits per heavy atom. The third-order valence-electron chi connectivity index (χ3n) is 2.87. The van der Waals surface area contributed by atoms with Crippen molar-refractivity contribution < 1.29 is 9.18 Å². The first-order valence-corrected chi connectivity index (χ1v) is 6.96. The lowest BCUT2D eigenvalue weighted by Gasteiger charge is -2.10. The summed E-state index contributed by atoms with van der Waals surface area (Å²) in [6, 6.07) is 3.99. The van der Waals surface area contributed by atoms with Gasteiger partial charge in [-0.2, -0.15) is 0 Å². The van der Waals surface area contributed by atoms with Gasteiger partial charge in [-0.1, -0.05) is 11.8 Å². The molecular formula is C16H22FN3O. The molecule has 0 spiro atoms. The average Bonchev–Trinajstić information content (AvgIpc) is 2.45. The maximum absolute atomic E-state index is 13.3. The lowest BCUT2D eigenvalue weighted by molar-refractivity contribution is 0.0952. The molecule has 3 N–H and O–H groups in total. The Kier molecular flexibility index (Phi) is 7.44. The van der Waals surface area contributed by atoms with Crippen molar-refractivity contribution in [2.24, 2.45) is 5.73 Å². The minimum Gasteiger partial charge on any atom is -0.352 e. The molecule has 0 saturated carbocycles. The number of rotatable bonds is 6. The molecule has 0 radical (unpaired) electrons. The van der Waals surface area contributed by atoms with Gasteiger partial charge in [0.15, 0.2) is 0 Å². The molecule has 0 atom stereocenters. The summed E-state index contributed by atoms with van der Waals surface area (Å²) in [5.41, 5.74) is 6.06. The number of benzene rings is 1. The Balaban J connectivity index is 2.62. The van der Waals surface area contributed by atoms with Crippen LogP contribution in [0.15, 0.2) is 18.2 Å². The predicted molar refractivity (Wildman–Crippen MR) is 82.5 cm³/mol. The molecule has 0 aliphatic carbocycles. The third-order valence-corrected chi connectivity index (χ3v) is 2.87. The van der Waals surface area contributed by atoms with E-state index in [0.29, 0.717) is 12.1 Å². The van der Waals surface area contributed by atoms with Crippen LogP contribution < -0.4 is 11.1 Å². The smallest absolute Gasteiger partial charge is 0.252 e. The van der Waals surface area contributed by atoms with Gasteiger partial charge in [0.1, 0.15) is 5.82 Å². The summed E-state index contributed by atoms with van der Waals surface area (Å²) in [6.07, 6.45) is 1.87. The first-order chi connectivity index (χ1) is 10.0. The van der Waals surface area contributed by atoms with Gasteiger partial charge in [-0.25, -0.2) is 4.39 Å². The van der Waals surface area contributed by atoms with Gasteiger partial charge in [0.25, 0.3) is 5.91 Å². The summed E-state index contributed by atoms with van der Waals surface area (Å²) in [6.45, 7) is 1.74. The third kappa shape index (κ3) is 6.39. The van der Waals surface area contributed by atoms with Crippen molar-refractivity contribution in [3.05, 3.63) is 35.1 Å². The van der Waals surface area contributed by atoms with Crippen molar-refractivity contribution in [3.8, 4) is 11.8 Å². The summed E-state index contributed by atoms with van der Waals surface area (Å²) >= 11 is 0. The van der Waals surface area contributed by atoms with Gasteiger partial charge in [-0.3, -0.25) is 4.79 Å². The fourth-order valence-electron chi connectivity index (χ4n) is 1.81. The first-order valence-electron chi connectivity index (χ1n) is 6.96. The van der Waals surface area contributed by atoms with E-state index in [2.05, 4.69) is 22.1 Å². The van der Waals surface area contributed by atoms with Crippen molar-refractivity contribution in [2.45, 2.75) is 12.8 Å². The Morgan fingerprint density at radius 1 is 1.38 bits per heavy atom. The van der Waals surface area contributed by atoms with Gasteiger partial charge in [0, 0.05) is 12.1 Å². The highest BCUT2D eigenvalue weighted by atomic mass is 19.1. The SMILES string of the molecule is CN(C)CCCCNC(=O)c1cc(F)ccc1C#CCN. The van der Waals surface area contributed by atoms with E-state index in [1.807, 2.05) is 14.1 Å². The zero-order valence-electron chi connectivity index (χ0n) is 12.6. The molecule has 1 amide bonds. The molecule has 114 valence electrons. The largest absolute Gasteiger partial charge is 0.352 e. The summed E-state index contributed by atoms with van der Waals surface area (Å²) in [4.78, 5) is 14.2. The number of halogens is 1. The quantitative estimate of drug-likeness (QED) is 0.612. The molecule has 0 fully saturated rings. The van der Waals surface area contributed by atoms with Crippen LogP contribution in [0.3, 0.4) is 0 Å². The number of carbonyl (C=O) groups excluding carboxylic acids is 1. The molecule has 1 aromatic carbocycles. The van der Waals surface area contributed by atoms with Gasteiger partial charge < -0.3 is 16.0 Å². The molecular weight excluding hydrogens is 269 g/mol. The zero-order chi connectivity index (χ0) is 15.7. The highest BCUT2D eigenvalue weighted by molar-refractivity contribution is 5.96. The average molecular weight is 291 g/mol. The molecule has 1 rings (SSSR count). The number of nitrogens with one attached hydrogen (secondary N) is 1. The molecule has 0 heterocycles. The van der Waals surface area contributed by atoms with Gasteiger partial charge in [-0.05, 0) is 51.7 Å². The van der Waals surface area contributed by atoms with Gasteiger partial charge in [0.05, 0.1) is 12.1 Å². The van der Waals surface area contributed by atoms with E-state index in [1.54, 1.807) is 0 Å². The monoisotopic (exact) mass is 291 g/mol. The fourth-order valence-corrected chi connectivity index (χ4v) is 1.81. The molecule has 0 unspecified atom stereocenters. The molecule has 4 nitrogen and oxygen atoms in total. The molecule has 0 aliphatic rings. The predicted octanol–water partition coefficient (Wildman–Crippen LogP) is 1.21. The van der Waals surface area contributed by atoms with E-state index in [0.717, 1.165) is 19.4 Å². The molecule has 21 heavy (non-hydrogen) atoms. The maximum atomic E-state index is 13.3. The van der Waals surface area contributed by atoms with Crippen LogP contribution in [0.2, 0.25) is 0 Å². The van der Waals surface area contributed by atoms with Crippen molar-refractivity contribution in [1.29, 1.82) is 0 Å². The minimum absolute atomic E-state index is 0.197. The van der Waals surface area contributed by atoms with Gasteiger partial charge in [-0.15, -0.1) is 0 Å². The van der Waals surface area contributed by atoms with Crippen LogP contribution in [0.1, 0.15) is 28.8 Å². The molecule has 0 bridgehead atoms. The number of nitrogens with zero attached hydrogens (tertiary/aromatic N) is 1. The summed E-state index contributed by atoms with van der Waals surface area (Å²) < 4.78 is 13.3. The second kappa shape index (κ2) is 9.11. The normalized spacial score (nSPS) is 10.1. The van der Waals surface area contributed by atoms with E-state index in [4.69, 9.17) is 5.73 Å². The summed E-state index contributed by atoms with van der Waals surface area (Å²) in [7, 11) is 4.02. The van der Waals surface area contributed by atoms with Gasteiger partial charge in [0.2, 0.25) is 0 Å². The van der Waals surface area contributed by atoms with E-state index in [9.17, 15) is 9.18 Å². The molecule has 1 aromatic rings. The van der Waals surface area contributed by atoms with Crippen LogP contribution in [-0.2, 0) is 0 Å². The van der Waals surface area contributed by atoms with Crippen molar-refractivity contribution in [1.82, 2.24) is 10.2 Å². The molecule has 0 aromatic heterocycles. The number of amides is 1. The standard InChI is InChI=1S/C16H22FN3O/c1-20(2)11-4-3-10-19-16(21)15-12-14(17)8-7-13(15)6-5-9-18/h7-8,12H,3-4,9-11,18H2,1-2H3,(H,19,21). The Bertz CT molecular complexity index is 532. The molecule has 0 saturated heterocycles. The number of hydrogen-bond donors (Lipinski definition) is 2. The van der Waals surface area contributed by atoms with Crippen LogP contribution in [0.25, 0.3) is 0 Å². The van der Waals surface area contributed by atoms with E-state index in [-0.39, 0.29) is 18.0 Å². The Morgan fingerprint density at radius 2 is 2.14 bits per heavy atom. The first kappa shape index (κ1) is 17.2. The number of nitrogens with two attached hydrogens (primary N) is 1. The maximum Gasteiger partial charge on any atom is 0.252 e. The lowest BCUT2D eigenvalue weighted by atomic mass is 10.1. The summed E-state index contributed by atoms with van der Waals surface area (Å²) in [5, 5.41) is 2.79. The second-order valence-corrected chi connectivity index (χ2v) is 4.96.